The molecule has 0 unspecified atom stereocenters. The standard InChI is InChI=1S/C29H29FN6O2/c1-3-35(18-20-8-6-5-7-9-20)27(28-32-33-34-36(28)19-21-10-12-23(30)13-11-21)25-17-22-16-24(38-4-2)14-15-26(22)31-29(25)37/h5-17,27H,3-4,18-19H2,1-2H3,(H,31,37)/t27-/m1/s1. The summed E-state index contributed by atoms with van der Waals surface area (Å²) in [5, 5.41) is 13.4. The second-order valence-corrected chi connectivity index (χ2v) is 9.01. The minimum Gasteiger partial charge on any atom is -0.494 e. The van der Waals surface area contributed by atoms with Crippen molar-refractivity contribution in [1.82, 2.24) is 30.1 Å². The first-order valence-electron chi connectivity index (χ1n) is 12.6. The van der Waals surface area contributed by atoms with Gasteiger partial charge in [-0.25, -0.2) is 9.07 Å². The van der Waals surface area contributed by atoms with Crippen LogP contribution in [0.15, 0.2) is 83.7 Å². The molecule has 0 aliphatic carbocycles. The zero-order chi connectivity index (χ0) is 26.5. The number of aromatic amines is 1. The highest BCUT2D eigenvalue weighted by Gasteiger charge is 2.30. The number of aromatic nitrogens is 5. The van der Waals surface area contributed by atoms with Crippen molar-refractivity contribution in [3.05, 3.63) is 118 Å². The highest BCUT2D eigenvalue weighted by atomic mass is 19.1. The highest BCUT2D eigenvalue weighted by molar-refractivity contribution is 5.80. The Kier molecular flexibility index (Phi) is 7.55. The number of benzene rings is 3. The second kappa shape index (κ2) is 11.4. The zero-order valence-electron chi connectivity index (χ0n) is 21.3. The molecule has 0 aliphatic heterocycles. The molecule has 0 aliphatic rings. The number of nitrogens with zero attached hydrogens (tertiary/aromatic N) is 5. The van der Waals surface area contributed by atoms with Crippen LogP contribution in [0.1, 0.15) is 42.4 Å². The van der Waals surface area contributed by atoms with Gasteiger partial charge >= 0.3 is 0 Å². The monoisotopic (exact) mass is 512 g/mol. The number of tetrazole rings is 1. The molecule has 3 aromatic carbocycles. The van der Waals surface area contributed by atoms with Crippen LogP contribution < -0.4 is 10.3 Å². The van der Waals surface area contributed by atoms with Crippen LogP contribution in [0, 0.1) is 5.82 Å². The van der Waals surface area contributed by atoms with E-state index < -0.39 is 6.04 Å². The summed E-state index contributed by atoms with van der Waals surface area (Å²) in [5.74, 6) is 0.947. The van der Waals surface area contributed by atoms with Gasteiger partial charge in [0.15, 0.2) is 5.82 Å². The fraction of sp³-hybridized carbons (Fsp3) is 0.241. The average Bonchev–Trinajstić information content (AvgIpc) is 3.38. The van der Waals surface area contributed by atoms with Crippen molar-refractivity contribution in [2.45, 2.75) is 33.0 Å². The van der Waals surface area contributed by atoms with Gasteiger partial charge in [-0.1, -0.05) is 49.4 Å². The molecule has 0 saturated heterocycles. The lowest BCUT2D eigenvalue weighted by Gasteiger charge is -2.30. The maximum absolute atomic E-state index is 13.5. The fourth-order valence-electron chi connectivity index (χ4n) is 4.65. The van der Waals surface area contributed by atoms with Crippen LogP contribution in [0.2, 0.25) is 0 Å². The molecule has 5 rings (SSSR count). The molecule has 1 atom stereocenters. The fourth-order valence-corrected chi connectivity index (χ4v) is 4.65. The summed E-state index contributed by atoms with van der Waals surface area (Å²) < 4.78 is 20.9. The number of H-pyrrole nitrogens is 1. The molecule has 0 bridgehead atoms. The molecule has 2 heterocycles. The van der Waals surface area contributed by atoms with Crippen LogP contribution in [0.4, 0.5) is 4.39 Å². The smallest absolute Gasteiger partial charge is 0.253 e. The van der Waals surface area contributed by atoms with Crippen LogP contribution >= 0.6 is 0 Å². The lowest BCUT2D eigenvalue weighted by Crippen LogP contribution is -2.35. The first-order valence-corrected chi connectivity index (χ1v) is 12.6. The van der Waals surface area contributed by atoms with Crippen molar-refractivity contribution < 1.29 is 9.13 Å². The van der Waals surface area contributed by atoms with Crippen LogP contribution in [0.3, 0.4) is 0 Å². The number of rotatable bonds is 10. The first-order chi connectivity index (χ1) is 18.6. The summed E-state index contributed by atoms with van der Waals surface area (Å²) in [6.45, 7) is 6.08. The molecule has 2 aromatic heterocycles. The molecule has 0 radical (unpaired) electrons. The number of fused-ring (bicyclic) bond motifs is 1. The van der Waals surface area contributed by atoms with Crippen molar-refractivity contribution in [1.29, 1.82) is 0 Å². The third-order valence-corrected chi connectivity index (χ3v) is 6.50. The van der Waals surface area contributed by atoms with E-state index in [0.29, 0.717) is 37.6 Å². The van der Waals surface area contributed by atoms with E-state index in [2.05, 4.69) is 37.5 Å². The number of pyridine rings is 1. The number of hydrogen-bond donors (Lipinski definition) is 1. The third kappa shape index (κ3) is 5.47. The molecule has 5 aromatic rings. The van der Waals surface area contributed by atoms with Crippen LogP contribution in [0.25, 0.3) is 10.9 Å². The van der Waals surface area contributed by atoms with Gasteiger partial charge in [0, 0.05) is 23.0 Å². The molecular weight excluding hydrogens is 483 g/mol. The molecular formula is C29H29FN6O2. The first kappa shape index (κ1) is 25.3. The lowest BCUT2D eigenvalue weighted by molar-refractivity contribution is 0.214. The van der Waals surface area contributed by atoms with Crippen LogP contribution in [-0.4, -0.2) is 43.2 Å². The Morgan fingerprint density at radius 2 is 1.79 bits per heavy atom. The molecule has 1 N–H and O–H groups in total. The van der Waals surface area contributed by atoms with E-state index in [1.165, 1.54) is 12.1 Å². The van der Waals surface area contributed by atoms with Gasteiger partial charge in [0.1, 0.15) is 17.6 Å². The normalized spacial score (nSPS) is 12.2. The maximum Gasteiger partial charge on any atom is 0.253 e. The van der Waals surface area contributed by atoms with Gasteiger partial charge in [-0.05, 0) is 71.4 Å². The maximum atomic E-state index is 13.5. The van der Waals surface area contributed by atoms with E-state index in [1.807, 2.05) is 56.3 Å². The van der Waals surface area contributed by atoms with Crippen molar-refractivity contribution in [2.75, 3.05) is 13.2 Å². The molecule has 0 amide bonds. The predicted molar refractivity (Wildman–Crippen MR) is 143 cm³/mol. The van der Waals surface area contributed by atoms with E-state index in [0.717, 1.165) is 27.8 Å². The number of ether oxygens (including phenoxy) is 1. The minimum atomic E-state index is -0.542. The van der Waals surface area contributed by atoms with Crippen LogP contribution in [-0.2, 0) is 13.1 Å². The van der Waals surface area contributed by atoms with Gasteiger partial charge in [-0.3, -0.25) is 9.69 Å². The second-order valence-electron chi connectivity index (χ2n) is 9.01. The van der Waals surface area contributed by atoms with Gasteiger partial charge < -0.3 is 9.72 Å². The summed E-state index contributed by atoms with van der Waals surface area (Å²) in [5.41, 5.74) is 2.98. The molecule has 0 fully saturated rings. The lowest BCUT2D eigenvalue weighted by atomic mass is 10.0. The van der Waals surface area contributed by atoms with Gasteiger partial charge in [0.05, 0.1) is 13.2 Å². The Bertz CT molecular complexity index is 1570. The summed E-state index contributed by atoms with van der Waals surface area (Å²) in [4.78, 5) is 18.7. The molecule has 8 nitrogen and oxygen atoms in total. The number of halogens is 1. The largest absolute Gasteiger partial charge is 0.494 e. The van der Waals surface area contributed by atoms with Crippen molar-refractivity contribution in [3.63, 3.8) is 0 Å². The molecule has 9 heteroatoms. The molecule has 194 valence electrons. The average molecular weight is 513 g/mol. The number of nitrogens with one attached hydrogen (secondary N) is 1. The van der Waals surface area contributed by atoms with Crippen LogP contribution in [0.5, 0.6) is 5.75 Å². The summed E-state index contributed by atoms with van der Waals surface area (Å²) >= 11 is 0. The van der Waals surface area contributed by atoms with Gasteiger partial charge in [0.25, 0.3) is 5.56 Å². The predicted octanol–water partition coefficient (Wildman–Crippen LogP) is 4.71. The molecule has 0 saturated carbocycles. The SMILES string of the molecule is CCOc1ccc2[nH]c(=O)c([C@H](c3nnnn3Cc3ccc(F)cc3)N(CC)Cc3ccccc3)cc2c1. The van der Waals surface area contributed by atoms with Gasteiger partial charge in [-0.15, -0.1) is 5.10 Å². The van der Waals surface area contributed by atoms with Crippen molar-refractivity contribution in [2.24, 2.45) is 0 Å². The third-order valence-electron chi connectivity index (χ3n) is 6.50. The Hall–Kier alpha value is -4.37. The zero-order valence-corrected chi connectivity index (χ0v) is 21.3. The van der Waals surface area contributed by atoms with E-state index in [-0.39, 0.29) is 11.4 Å². The number of hydrogen-bond acceptors (Lipinski definition) is 6. The Balaban J connectivity index is 1.63. The Morgan fingerprint density at radius 3 is 2.53 bits per heavy atom. The van der Waals surface area contributed by atoms with Gasteiger partial charge in [0.2, 0.25) is 0 Å². The van der Waals surface area contributed by atoms with Crippen molar-refractivity contribution in [3.8, 4) is 5.75 Å². The molecule has 38 heavy (non-hydrogen) atoms. The summed E-state index contributed by atoms with van der Waals surface area (Å²) in [7, 11) is 0. The summed E-state index contributed by atoms with van der Waals surface area (Å²) in [6.07, 6.45) is 0. The molecule has 0 spiro atoms. The minimum absolute atomic E-state index is 0.213. The van der Waals surface area contributed by atoms with Crippen molar-refractivity contribution >= 4 is 10.9 Å². The highest BCUT2D eigenvalue weighted by Crippen LogP contribution is 2.29. The van der Waals surface area contributed by atoms with E-state index in [9.17, 15) is 9.18 Å². The van der Waals surface area contributed by atoms with E-state index in [4.69, 9.17) is 4.74 Å². The summed E-state index contributed by atoms with van der Waals surface area (Å²) in [6, 6.07) is 23.3. The quantitative estimate of drug-likeness (QED) is 0.292. The Morgan fingerprint density at radius 1 is 1.00 bits per heavy atom. The topological polar surface area (TPSA) is 88.9 Å². The van der Waals surface area contributed by atoms with E-state index >= 15 is 0 Å². The van der Waals surface area contributed by atoms with Gasteiger partial charge in [-0.2, -0.15) is 0 Å². The van der Waals surface area contributed by atoms with E-state index in [1.54, 1.807) is 16.8 Å². The Labute approximate surface area is 219 Å².